The number of halogens is 2. The highest BCUT2D eigenvalue weighted by atomic mass is 35.5. The number of ether oxygens (including phenoxy) is 1. The topological polar surface area (TPSA) is 39.1 Å². The smallest absolute Gasteiger partial charge is 0.141 e. The number of nitrogens with one attached hydrogen (secondary N) is 1. The van der Waals surface area contributed by atoms with Gasteiger partial charge in [-0.2, -0.15) is 0 Å². The Morgan fingerprint density at radius 2 is 2.37 bits per heavy atom. The standard InChI is InChI=1S/C13H13ClFN3O/c14-10-5-9(1-2-11(10)15)18-8-17-6-12(18)13-7-16-3-4-19-13/h1-2,5-6,8,13,16H,3-4,7H2. The van der Waals surface area contributed by atoms with Crippen LogP contribution in [-0.4, -0.2) is 29.2 Å². The van der Waals surface area contributed by atoms with Crippen molar-refractivity contribution in [3.8, 4) is 5.69 Å². The van der Waals surface area contributed by atoms with E-state index in [0.29, 0.717) is 6.61 Å². The van der Waals surface area contributed by atoms with Gasteiger partial charge in [0.25, 0.3) is 0 Å². The highest BCUT2D eigenvalue weighted by Crippen LogP contribution is 2.24. The molecule has 1 unspecified atom stereocenters. The van der Waals surface area contributed by atoms with Crippen LogP contribution in [0.4, 0.5) is 4.39 Å². The third-order valence-electron chi connectivity index (χ3n) is 3.11. The Labute approximate surface area is 115 Å². The lowest BCUT2D eigenvalue weighted by molar-refractivity contribution is 0.0240. The molecule has 0 aliphatic carbocycles. The molecule has 6 heteroatoms. The molecule has 4 nitrogen and oxygen atoms in total. The molecule has 100 valence electrons. The van der Waals surface area contributed by atoms with Crippen molar-refractivity contribution < 1.29 is 9.13 Å². The van der Waals surface area contributed by atoms with Crippen molar-refractivity contribution in [3.63, 3.8) is 0 Å². The van der Waals surface area contributed by atoms with Crippen LogP contribution in [0.2, 0.25) is 5.02 Å². The summed E-state index contributed by atoms with van der Waals surface area (Å²) in [4.78, 5) is 4.14. The molecule has 19 heavy (non-hydrogen) atoms. The second kappa shape index (κ2) is 5.28. The van der Waals surface area contributed by atoms with Gasteiger partial charge in [0.05, 0.1) is 29.8 Å². The molecule has 0 amide bonds. The SMILES string of the molecule is Fc1ccc(-n2cncc2C2CNCCO2)cc1Cl. The van der Waals surface area contributed by atoms with Crippen LogP contribution in [-0.2, 0) is 4.74 Å². The van der Waals surface area contributed by atoms with E-state index in [-0.39, 0.29) is 11.1 Å². The van der Waals surface area contributed by atoms with Gasteiger partial charge in [-0.05, 0) is 18.2 Å². The number of aromatic nitrogens is 2. The van der Waals surface area contributed by atoms with Gasteiger partial charge in [0.1, 0.15) is 11.9 Å². The maximum atomic E-state index is 13.2. The average Bonchev–Trinajstić information content (AvgIpc) is 2.92. The summed E-state index contributed by atoms with van der Waals surface area (Å²) in [7, 11) is 0. The molecule has 1 aromatic heterocycles. The van der Waals surface area contributed by atoms with E-state index >= 15 is 0 Å². The molecule has 1 N–H and O–H groups in total. The van der Waals surface area contributed by atoms with E-state index in [1.54, 1.807) is 24.7 Å². The molecule has 1 fully saturated rings. The maximum absolute atomic E-state index is 13.2. The second-order valence-electron chi connectivity index (χ2n) is 4.35. The van der Waals surface area contributed by atoms with E-state index in [1.165, 1.54) is 6.07 Å². The molecule has 1 atom stereocenters. The van der Waals surface area contributed by atoms with E-state index in [1.807, 2.05) is 4.57 Å². The Hall–Kier alpha value is -1.43. The maximum Gasteiger partial charge on any atom is 0.141 e. The van der Waals surface area contributed by atoms with Gasteiger partial charge in [0, 0.05) is 18.8 Å². The third-order valence-corrected chi connectivity index (χ3v) is 3.40. The summed E-state index contributed by atoms with van der Waals surface area (Å²) >= 11 is 5.82. The van der Waals surface area contributed by atoms with Gasteiger partial charge in [-0.15, -0.1) is 0 Å². The molecule has 0 radical (unpaired) electrons. The molecule has 0 bridgehead atoms. The van der Waals surface area contributed by atoms with Gasteiger partial charge in [-0.25, -0.2) is 9.37 Å². The normalized spacial score (nSPS) is 19.6. The highest BCUT2D eigenvalue weighted by Gasteiger charge is 2.20. The summed E-state index contributed by atoms with van der Waals surface area (Å²) in [5.74, 6) is -0.428. The molecule has 0 saturated carbocycles. The molecule has 3 rings (SSSR count). The van der Waals surface area contributed by atoms with E-state index in [2.05, 4.69) is 10.3 Å². The van der Waals surface area contributed by atoms with Crippen molar-refractivity contribution in [2.45, 2.75) is 6.10 Å². The first-order chi connectivity index (χ1) is 9.25. The number of rotatable bonds is 2. The first-order valence-corrected chi connectivity index (χ1v) is 6.43. The summed E-state index contributed by atoms with van der Waals surface area (Å²) in [5, 5.41) is 3.37. The number of benzene rings is 1. The fourth-order valence-corrected chi connectivity index (χ4v) is 2.32. The molecule has 2 heterocycles. The minimum atomic E-state index is -0.428. The molecule has 1 aliphatic heterocycles. The van der Waals surface area contributed by atoms with Gasteiger partial charge in [0.2, 0.25) is 0 Å². The van der Waals surface area contributed by atoms with Crippen molar-refractivity contribution in [3.05, 3.63) is 47.3 Å². The monoisotopic (exact) mass is 281 g/mol. The summed E-state index contributed by atoms with van der Waals surface area (Å²) < 4.78 is 20.8. The molecule has 1 saturated heterocycles. The largest absolute Gasteiger partial charge is 0.369 e. The van der Waals surface area contributed by atoms with E-state index in [4.69, 9.17) is 16.3 Å². The Kier molecular flexibility index (Phi) is 3.50. The molecule has 1 aromatic carbocycles. The molecular weight excluding hydrogens is 269 g/mol. The summed E-state index contributed by atoms with van der Waals surface area (Å²) in [5.41, 5.74) is 1.70. The predicted molar refractivity (Wildman–Crippen MR) is 70.1 cm³/mol. The Balaban J connectivity index is 1.96. The minimum absolute atomic E-state index is 0.0555. The van der Waals surface area contributed by atoms with Gasteiger partial charge >= 0.3 is 0 Å². The summed E-state index contributed by atoms with van der Waals surface area (Å²) in [6.07, 6.45) is 3.38. The number of hydrogen-bond donors (Lipinski definition) is 1. The van der Waals surface area contributed by atoms with Crippen molar-refractivity contribution in [1.29, 1.82) is 0 Å². The van der Waals surface area contributed by atoms with Crippen molar-refractivity contribution >= 4 is 11.6 Å². The van der Waals surface area contributed by atoms with E-state index in [9.17, 15) is 4.39 Å². The first-order valence-electron chi connectivity index (χ1n) is 6.05. The summed E-state index contributed by atoms with van der Waals surface area (Å²) in [6, 6.07) is 4.60. The zero-order valence-corrected chi connectivity index (χ0v) is 10.9. The number of nitrogens with zero attached hydrogens (tertiary/aromatic N) is 2. The fraction of sp³-hybridized carbons (Fsp3) is 0.308. The van der Waals surface area contributed by atoms with E-state index in [0.717, 1.165) is 24.5 Å². The zero-order valence-electron chi connectivity index (χ0n) is 10.1. The first kappa shape index (κ1) is 12.6. The average molecular weight is 282 g/mol. The van der Waals surface area contributed by atoms with Crippen molar-refractivity contribution in [2.75, 3.05) is 19.7 Å². The van der Waals surface area contributed by atoms with Crippen molar-refractivity contribution in [2.24, 2.45) is 0 Å². The molecule has 2 aromatic rings. The van der Waals surface area contributed by atoms with Gasteiger partial charge in [-0.1, -0.05) is 11.6 Å². The van der Waals surface area contributed by atoms with Gasteiger partial charge < -0.3 is 14.6 Å². The minimum Gasteiger partial charge on any atom is -0.369 e. The molecule has 1 aliphatic rings. The quantitative estimate of drug-likeness (QED) is 0.918. The van der Waals surface area contributed by atoms with Crippen LogP contribution < -0.4 is 5.32 Å². The van der Waals surface area contributed by atoms with Crippen LogP contribution >= 0.6 is 11.6 Å². The van der Waals surface area contributed by atoms with Crippen LogP contribution in [0.25, 0.3) is 5.69 Å². The van der Waals surface area contributed by atoms with E-state index < -0.39 is 5.82 Å². The molecular formula is C13H13ClFN3O. The predicted octanol–water partition coefficient (Wildman–Crippen LogP) is 2.33. The van der Waals surface area contributed by atoms with Crippen LogP contribution in [0, 0.1) is 5.82 Å². The number of hydrogen-bond acceptors (Lipinski definition) is 3. The number of morpholine rings is 1. The lowest BCUT2D eigenvalue weighted by Gasteiger charge is -2.24. The lowest BCUT2D eigenvalue weighted by atomic mass is 10.2. The summed E-state index contributed by atoms with van der Waals surface area (Å²) in [6.45, 7) is 2.26. The molecule has 0 spiro atoms. The van der Waals surface area contributed by atoms with Crippen LogP contribution in [0.15, 0.2) is 30.7 Å². The third kappa shape index (κ3) is 2.49. The fourth-order valence-electron chi connectivity index (χ4n) is 2.15. The Morgan fingerprint density at radius 3 is 3.11 bits per heavy atom. The lowest BCUT2D eigenvalue weighted by Crippen LogP contribution is -2.34. The Morgan fingerprint density at radius 1 is 1.47 bits per heavy atom. The Bertz CT molecular complexity index is 581. The van der Waals surface area contributed by atoms with Gasteiger partial charge in [0.15, 0.2) is 0 Å². The van der Waals surface area contributed by atoms with Crippen LogP contribution in [0.3, 0.4) is 0 Å². The highest BCUT2D eigenvalue weighted by molar-refractivity contribution is 6.30. The second-order valence-corrected chi connectivity index (χ2v) is 4.76. The van der Waals surface area contributed by atoms with Crippen molar-refractivity contribution in [1.82, 2.24) is 14.9 Å². The van der Waals surface area contributed by atoms with Crippen LogP contribution in [0.1, 0.15) is 11.8 Å². The van der Waals surface area contributed by atoms with Crippen LogP contribution in [0.5, 0.6) is 0 Å². The number of imidazole rings is 1. The van der Waals surface area contributed by atoms with Gasteiger partial charge in [-0.3, -0.25) is 0 Å². The zero-order chi connectivity index (χ0) is 13.2.